The van der Waals surface area contributed by atoms with E-state index in [2.05, 4.69) is 15.3 Å². The number of carbonyl (C=O) groups is 1. The highest BCUT2D eigenvalue weighted by Crippen LogP contribution is 2.32. The molecular weight excluding hydrogens is 403 g/mol. The van der Waals surface area contributed by atoms with Crippen LogP contribution in [0, 0.1) is 12.7 Å². The Kier molecular flexibility index (Phi) is 6.76. The monoisotopic (exact) mass is 424 g/mol. The molecule has 0 fully saturated rings. The van der Waals surface area contributed by atoms with Gasteiger partial charge >= 0.3 is 5.97 Å². The summed E-state index contributed by atoms with van der Waals surface area (Å²) in [7, 11) is 0. The minimum Gasteiger partial charge on any atom is -0.505 e. The lowest BCUT2D eigenvalue weighted by Crippen LogP contribution is -2.17. The maximum absolute atomic E-state index is 13.8. The number of nitrogens with zero attached hydrogens (tertiary/aromatic N) is 3. The summed E-state index contributed by atoms with van der Waals surface area (Å²) >= 11 is 0. The number of phenolic OH excluding ortho intramolecular Hbond substituents is 1. The van der Waals surface area contributed by atoms with E-state index in [-0.39, 0.29) is 35.9 Å². The number of hydrogen-bond donors (Lipinski definition) is 3. The molecule has 0 aliphatic heterocycles. The quantitative estimate of drug-likeness (QED) is 0.356. The molecule has 3 N–H and O–H groups in total. The summed E-state index contributed by atoms with van der Waals surface area (Å²) in [5.74, 6) is -1.47. The van der Waals surface area contributed by atoms with E-state index in [1.54, 1.807) is 43.3 Å². The van der Waals surface area contributed by atoms with Crippen LogP contribution in [0.3, 0.4) is 0 Å². The summed E-state index contributed by atoms with van der Waals surface area (Å²) in [5.41, 5.74) is 1.05. The van der Waals surface area contributed by atoms with Crippen molar-refractivity contribution >= 4 is 29.5 Å². The zero-order chi connectivity index (χ0) is 22.4. The van der Waals surface area contributed by atoms with Crippen LogP contribution in [0.25, 0.3) is 12.2 Å². The average Bonchev–Trinajstić information content (AvgIpc) is 3.00. The van der Waals surface area contributed by atoms with E-state index >= 15 is 0 Å². The number of carboxylic acids is 1. The summed E-state index contributed by atoms with van der Waals surface area (Å²) in [4.78, 5) is 23.1. The third-order valence-corrected chi connectivity index (χ3v) is 4.53. The zero-order valence-corrected chi connectivity index (χ0v) is 16.7. The Labute approximate surface area is 177 Å². The van der Waals surface area contributed by atoms with Crippen molar-refractivity contribution < 1.29 is 19.4 Å². The van der Waals surface area contributed by atoms with Crippen LogP contribution < -0.4 is 5.56 Å². The fraction of sp³-hybridized carbons (Fsp3) is 0.182. The maximum atomic E-state index is 13.8. The molecule has 2 aromatic carbocycles. The molecule has 0 bridgehead atoms. The van der Waals surface area contributed by atoms with Crippen molar-refractivity contribution in [3.05, 3.63) is 75.5 Å². The SMILES string of the molecule is Cc1[nH]n(CCCC(=O)O)c(=O)c1N=Nc1cccc(/C=C/c2ccccc2F)c1O. The number of azo groups is 1. The van der Waals surface area contributed by atoms with E-state index in [1.165, 1.54) is 22.9 Å². The molecule has 0 saturated carbocycles. The molecule has 0 saturated heterocycles. The van der Waals surface area contributed by atoms with Gasteiger partial charge in [-0.2, -0.15) is 0 Å². The highest BCUT2D eigenvalue weighted by molar-refractivity contribution is 5.75. The normalized spacial score (nSPS) is 11.5. The zero-order valence-electron chi connectivity index (χ0n) is 16.7. The first-order valence-corrected chi connectivity index (χ1v) is 9.54. The van der Waals surface area contributed by atoms with E-state index in [4.69, 9.17) is 5.11 Å². The van der Waals surface area contributed by atoms with Gasteiger partial charge in [-0.05, 0) is 25.5 Å². The molecule has 0 aliphatic rings. The average molecular weight is 424 g/mol. The second-order valence-corrected chi connectivity index (χ2v) is 6.81. The lowest BCUT2D eigenvalue weighted by atomic mass is 10.1. The van der Waals surface area contributed by atoms with Crippen LogP contribution in [0.2, 0.25) is 0 Å². The maximum Gasteiger partial charge on any atom is 0.303 e. The predicted molar refractivity (Wildman–Crippen MR) is 114 cm³/mol. The number of rotatable bonds is 8. The van der Waals surface area contributed by atoms with Gasteiger partial charge in [0.15, 0.2) is 5.69 Å². The summed E-state index contributed by atoms with van der Waals surface area (Å²) < 4.78 is 15.0. The third kappa shape index (κ3) is 5.33. The van der Waals surface area contributed by atoms with Crippen LogP contribution in [-0.4, -0.2) is 26.0 Å². The van der Waals surface area contributed by atoms with Gasteiger partial charge in [0.2, 0.25) is 0 Å². The van der Waals surface area contributed by atoms with Crippen LogP contribution in [0.15, 0.2) is 57.5 Å². The number of aromatic hydroxyl groups is 1. The first-order chi connectivity index (χ1) is 14.9. The molecule has 3 rings (SSSR count). The Hall–Kier alpha value is -4.01. The van der Waals surface area contributed by atoms with Crippen LogP contribution in [0.1, 0.15) is 29.7 Å². The molecule has 0 atom stereocenters. The molecule has 160 valence electrons. The summed E-state index contributed by atoms with van der Waals surface area (Å²) in [6.07, 6.45) is 3.34. The molecule has 0 spiro atoms. The Morgan fingerprint density at radius 3 is 2.58 bits per heavy atom. The molecule has 0 aliphatic carbocycles. The van der Waals surface area contributed by atoms with Crippen LogP contribution in [0.4, 0.5) is 15.8 Å². The number of nitrogens with one attached hydrogen (secondary N) is 1. The highest BCUT2D eigenvalue weighted by atomic mass is 19.1. The Bertz CT molecular complexity index is 1210. The molecule has 31 heavy (non-hydrogen) atoms. The van der Waals surface area contributed by atoms with Crippen molar-refractivity contribution in [1.82, 2.24) is 9.78 Å². The number of para-hydroxylation sites is 1. The molecule has 0 amide bonds. The van der Waals surface area contributed by atoms with E-state index in [0.29, 0.717) is 23.2 Å². The van der Waals surface area contributed by atoms with E-state index in [0.717, 1.165) is 0 Å². The minimum absolute atomic E-state index is 0.0532. The number of aromatic amines is 1. The summed E-state index contributed by atoms with van der Waals surface area (Å²) in [5, 5.41) is 30.0. The fourth-order valence-electron chi connectivity index (χ4n) is 2.92. The van der Waals surface area contributed by atoms with Crippen molar-refractivity contribution in [3.63, 3.8) is 0 Å². The van der Waals surface area contributed by atoms with Gasteiger partial charge in [0.1, 0.15) is 17.3 Å². The van der Waals surface area contributed by atoms with Gasteiger partial charge in [-0.25, -0.2) is 4.39 Å². The predicted octanol–water partition coefficient (Wildman–Crippen LogP) is 4.78. The van der Waals surface area contributed by atoms with Crippen molar-refractivity contribution in [1.29, 1.82) is 0 Å². The van der Waals surface area contributed by atoms with Crippen LogP contribution >= 0.6 is 0 Å². The molecule has 9 heteroatoms. The van der Waals surface area contributed by atoms with E-state index in [1.807, 2.05) is 0 Å². The third-order valence-electron chi connectivity index (χ3n) is 4.53. The van der Waals surface area contributed by atoms with Crippen molar-refractivity contribution in [2.24, 2.45) is 10.2 Å². The number of aryl methyl sites for hydroxylation is 2. The van der Waals surface area contributed by atoms with Gasteiger partial charge in [-0.1, -0.05) is 42.5 Å². The Morgan fingerprint density at radius 2 is 1.84 bits per heavy atom. The first-order valence-electron chi connectivity index (χ1n) is 9.54. The number of hydrogen-bond acceptors (Lipinski definition) is 5. The molecular formula is C22H21FN4O4. The number of aromatic nitrogens is 2. The molecule has 0 radical (unpaired) electrons. The van der Waals surface area contributed by atoms with Gasteiger partial charge in [0, 0.05) is 24.1 Å². The van der Waals surface area contributed by atoms with Gasteiger partial charge in [-0.15, -0.1) is 10.2 Å². The highest BCUT2D eigenvalue weighted by Gasteiger charge is 2.12. The van der Waals surface area contributed by atoms with Crippen molar-refractivity contribution in [2.45, 2.75) is 26.3 Å². The molecule has 1 aromatic heterocycles. The number of H-pyrrole nitrogens is 1. The number of aliphatic carboxylic acids is 1. The van der Waals surface area contributed by atoms with Crippen LogP contribution in [-0.2, 0) is 11.3 Å². The molecule has 0 unspecified atom stereocenters. The first kappa shape index (κ1) is 21.7. The molecule has 8 nitrogen and oxygen atoms in total. The Balaban J connectivity index is 1.81. The standard InChI is InChI=1S/C22H21FN4O4/c1-14-20(22(31)27(26-14)13-5-10-19(28)29)25-24-18-9-4-7-16(21(18)30)12-11-15-6-2-3-8-17(15)23/h2-4,6-9,11-12,26,30H,5,10,13H2,1H3,(H,28,29)/b12-11+,25-24?. The lowest BCUT2D eigenvalue weighted by Gasteiger charge is -2.02. The van der Waals surface area contributed by atoms with Gasteiger partial charge in [0.05, 0.1) is 5.69 Å². The second-order valence-electron chi connectivity index (χ2n) is 6.81. The van der Waals surface area contributed by atoms with E-state index < -0.39 is 11.5 Å². The van der Waals surface area contributed by atoms with Gasteiger partial charge < -0.3 is 10.2 Å². The number of phenols is 1. The molecule has 3 aromatic rings. The van der Waals surface area contributed by atoms with Gasteiger partial charge in [0.25, 0.3) is 5.56 Å². The second kappa shape index (κ2) is 9.66. The summed E-state index contributed by atoms with van der Waals surface area (Å²) in [6.45, 7) is 1.86. The van der Waals surface area contributed by atoms with Crippen LogP contribution in [0.5, 0.6) is 5.75 Å². The fourth-order valence-corrected chi connectivity index (χ4v) is 2.92. The minimum atomic E-state index is -0.935. The van der Waals surface area contributed by atoms with Crippen molar-refractivity contribution in [3.8, 4) is 5.75 Å². The van der Waals surface area contributed by atoms with E-state index in [9.17, 15) is 19.1 Å². The number of benzene rings is 2. The largest absolute Gasteiger partial charge is 0.505 e. The topological polar surface area (TPSA) is 120 Å². The number of carboxylic acid groups (broad SMARTS) is 1. The molecule has 1 heterocycles. The lowest BCUT2D eigenvalue weighted by molar-refractivity contribution is -0.137. The number of halogens is 1. The summed E-state index contributed by atoms with van der Waals surface area (Å²) in [6, 6.07) is 11.1. The Morgan fingerprint density at radius 1 is 1.13 bits per heavy atom. The van der Waals surface area contributed by atoms with Gasteiger partial charge in [-0.3, -0.25) is 19.4 Å². The van der Waals surface area contributed by atoms with Crippen molar-refractivity contribution in [2.75, 3.05) is 0 Å². The smallest absolute Gasteiger partial charge is 0.303 e.